The van der Waals surface area contributed by atoms with Crippen molar-refractivity contribution in [2.75, 3.05) is 13.2 Å². The topological polar surface area (TPSA) is 41.5 Å². The maximum absolute atomic E-state index is 10.8. The highest BCUT2D eigenvalue weighted by molar-refractivity contribution is 5.31. The first-order valence-corrected chi connectivity index (χ1v) is 7.87. The Morgan fingerprint density at radius 2 is 1.85 bits per heavy atom. The van der Waals surface area contributed by atoms with Crippen molar-refractivity contribution in [3.63, 3.8) is 0 Å². The van der Waals surface area contributed by atoms with Crippen LogP contribution in [0.1, 0.15) is 51.5 Å². The van der Waals surface area contributed by atoms with Crippen molar-refractivity contribution in [3.05, 3.63) is 29.8 Å². The summed E-state index contributed by atoms with van der Waals surface area (Å²) < 4.78 is 5.59. The lowest BCUT2D eigenvalue weighted by atomic mass is 9.78. The zero-order chi connectivity index (χ0) is 14.4. The molecule has 2 N–H and O–H groups in total. The molecule has 0 atom stereocenters. The molecule has 0 spiro atoms. The van der Waals surface area contributed by atoms with E-state index in [-0.39, 0.29) is 0 Å². The fraction of sp³-hybridized carbons (Fsp3) is 0.647. The predicted octanol–water partition coefficient (Wildman–Crippen LogP) is 3.22. The summed E-state index contributed by atoms with van der Waals surface area (Å²) in [6, 6.07) is 8.53. The van der Waals surface area contributed by atoms with Crippen molar-refractivity contribution in [1.29, 1.82) is 0 Å². The van der Waals surface area contributed by atoms with Crippen molar-refractivity contribution in [2.24, 2.45) is 0 Å². The molecule has 0 heterocycles. The molecule has 0 bridgehead atoms. The lowest BCUT2D eigenvalue weighted by Gasteiger charge is -2.36. The van der Waals surface area contributed by atoms with Gasteiger partial charge in [0.05, 0.1) is 12.2 Å². The number of ether oxygens (including phenoxy) is 1. The third-order valence-electron chi connectivity index (χ3n) is 4.17. The quantitative estimate of drug-likeness (QED) is 0.839. The van der Waals surface area contributed by atoms with Crippen LogP contribution in [0.25, 0.3) is 0 Å². The molecule has 0 aliphatic heterocycles. The third-order valence-corrected chi connectivity index (χ3v) is 4.17. The van der Waals surface area contributed by atoms with Gasteiger partial charge in [0.2, 0.25) is 0 Å². The Kier molecular flexibility index (Phi) is 5.44. The van der Waals surface area contributed by atoms with Crippen LogP contribution in [0, 0.1) is 0 Å². The summed E-state index contributed by atoms with van der Waals surface area (Å²) in [5.74, 6) is 0.889. The van der Waals surface area contributed by atoms with Crippen LogP contribution >= 0.6 is 0 Å². The Hall–Kier alpha value is -1.06. The van der Waals surface area contributed by atoms with Crippen molar-refractivity contribution in [2.45, 2.75) is 57.6 Å². The molecule has 1 saturated carbocycles. The molecule has 3 heteroatoms. The monoisotopic (exact) mass is 277 g/mol. The van der Waals surface area contributed by atoms with Gasteiger partial charge in [0.1, 0.15) is 5.75 Å². The molecule has 112 valence electrons. The van der Waals surface area contributed by atoms with Gasteiger partial charge < -0.3 is 15.2 Å². The van der Waals surface area contributed by atoms with Gasteiger partial charge >= 0.3 is 0 Å². The molecule has 20 heavy (non-hydrogen) atoms. The fourth-order valence-electron chi connectivity index (χ4n) is 2.96. The van der Waals surface area contributed by atoms with E-state index in [1.165, 1.54) is 0 Å². The molecular weight excluding hydrogens is 250 g/mol. The standard InChI is InChI=1S/C17H27NO2/c1-3-13-20-16-7-5-14(6-8-16)17(19)11-9-15(10-12-17)18-4-2/h5-8,15,18-19H,3-4,9-13H2,1-2H3. The molecule has 1 fully saturated rings. The Labute approximate surface area is 122 Å². The molecule has 1 aliphatic carbocycles. The summed E-state index contributed by atoms with van der Waals surface area (Å²) >= 11 is 0. The first kappa shape index (κ1) is 15.3. The molecule has 1 aromatic carbocycles. The highest BCUT2D eigenvalue weighted by Gasteiger charge is 2.34. The van der Waals surface area contributed by atoms with E-state index in [9.17, 15) is 5.11 Å². The number of hydrogen-bond acceptors (Lipinski definition) is 3. The molecule has 2 rings (SSSR count). The van der Waals surface area contributed by atoms with E-state index in [0.29, 0.717) is 6.04 Å². The number of benzene rings is 1. The smallest absolute Gasteiger partial charge is 0.119 e. The average molecular weight is 277 g/mol. The van der Waals surface area contributed by atoms with Crippen molar-refractivity contribution >= 4 is 0 Å². The average Bonchev–Trinajstić information content (AvgIpc) is 2.48. The predicted molar refractivity (Wildman–Crippen MR) is 82.1 cm³/mol. The molecule has 0 aromatic heterocycles. The zero-order valence-corrected chi connectivity index (χ0v) is 12.7. The molecule has 3 nitrogen and oxygen atoms in total. The second kappa shape index (κ2) is 7.09. The van der Waals surface area contributed by atoms with Gasteiger partial charge in [-0.3, -0.25) is 0 Å². The van der Waals surface area contributed by atoms with E-state index in [2.05, 4.69) is 19.2 Å². The molecule has 1 aliphatic rings. The Balaban J connectivity index is 1.96. The summed E-state index contributed by atoms with van der Waals surface area (Å²) in [7, 11) is 0. The number of hydrogen-bond donors (Lipinski definition) is 2. The van der Waals surface area contributed by atoms with Gasteiger partial charge in [-0.25, -0.2) is 0 Å². The van der Waals surface area contributed by atoms with Crippen LogP contribution in [0.4, 0.5) is 0 Å². The highest BCUT2D eigenvalue weighted by Crippen LogP contribution is 2.37. The van der Waals surface area contributed by atoms with Gasteiger partial charge in [0, 0.05) is 6.04 Å². The van der Waals surface area contributed by atoms with E-state index in [0.717, 1.165) is 56.6 Å². The van der Waals surface area contributed by atoms with Crippen molar-refractivity contribution < 1.29 is 9.84 Å². The van der Waals surface area contributed by atoms with Crippen molar-refractivity contribution in [1.82, 2.24) is 5.32 Å². The molecule has 0 amide bonds. The first-order valence-electron chi connectivity index (χ1n) is 7.87. The number of nitrogens with one attached hydrogen (secondary N) is 1. The summed E-state index contributed by atoms with van der Waals surface area (Å²) in [4.78, 5) is 0. The number of rotatable bonds is 6. The van der Waals surface area contributed by atoms with Gasteiger partial charge in [0.25, 0.3) is 0 Å². The van der Waals surface area contributed by atoms with Crippen LogP contribution in [-0.4, -0.2) is 24.3 Å². The molecule has 0 saturated heterocycles. The minimum Gasteiger partial charge on any atom is -0.494 e. The van der Waals surface area contributed by atoms with Gasteiger partial charge in [-0.1, -0.05) is 26.0 Å². The van der Waals surface area contributed by atoms with Crippen molar-refractivity contribution in [3.8, 4) is 5.75 Å². The zero-order valence-electron chi connectivity index (χ0n) is 12.7. The minimum absolute atomic E-state index is 0.562. The van der Waals surface area contributed by atoms with Crippen LogP contribution < -0.4 is 10.1 Å². The molecule has 0 radical (unpaired) electrons. The van der Waals surface area contributed by atoms with Crippen LogP contribution in [-0.2, 0) is 5.60 Å². The maximum Gasteiger partial charge on any atom is 0.119 e. The molecule has 1 aromatic rings. The van der Waals surface area contributed by atoms with E-state index in [1.807, 2.05) is 24.3 Å². The van der Waals surface area contributed by atoms with E-state index in [4.69, 9.17) is 4.74 Å². The first-order chi connectivity index (χ1) is 9.68. The van der Waals surface area contributed by atoms with Crippen LogP contribution in [0.2, 0.25) is 0 Å². The van der Waals surface area contributed by atoms with Gasteiger partial charge in [-0.2, -0.15) is 0 Å². The SMILES string of the molecule is CCCOc1ccc(C2(O)CCC(NCC)CC2)cc1. The summed E-state index contributed by atoms with van der Waals surface area (Å²) in [6.07, 6.45) is 4.76. The Morgan fingerprint density at radius 3 is 2.40 bits per heavy atom. The van der Waals surface area contributed by atoms with Gasteiger partial charge in [-0.05, 0) is 56.3 Å². The molecular formula is C17H27NO2. The minimum atomic E-state index is -0.658. The largest absolute Gasteiger partial charge is 0.494 e. The van der Waals surface area contributed by atoms with E-state index >= 15 is 0 Å². The van der Waals surface area contributed by atoms with Crippen LogP contribution in [0.5, 0.6) is 5.75 Å². The summed E-state index contributed by atoms with van der Waals surface area (Å²) in [5.41, 5.74) is 0.367. The fourth-order valence-corrected chi connectivity index (χ4v) is 2.96. The molecule has 0 unspecified atom stereocenters. The summed E-state index contributed by atoms with van der Waals surface area (Å²) in [5, 5.41) is 14.3. The van der Waals surface area contributed by atoms with Crippen LogP contribution in [0.15, 0.2) is 24.3 Å². The van der Waals surface area contributed by atoms with Crippen LogP contribution in [0.3, 0.4) is 0 Å². The normalized spacial score (nSPS) is 26.4. The van der Waals surface area contributed by atoms with Gasteiger partial charge in [0.15, 0.2) is 0 Å². The van der Waals surface area contributed by atoms with Gasteiger partial charge in [-0.15, -0.1) is 0 Å². The van der Waals surface area contributed by atoms with E-state index in [1.54, 1.807) is 0 Å². The second-order valence-corrected chi connectivity index (χ2v) is 5.74. The maximum atomic E-state index is 10.8. The highest BCUT2D eigenvalue weighted by atomic mass is 16.5. The summed E-state index contributed by atoms with van der Waals surface area (Å²) in [6.45, 7) is 5.98. The third kappa shape index (κ3) is 3.74. The Morgan fingerprint density at radius 1 is 1.20 bits per heavy atom. The Bertz CT molecular complexity index is 394. The second-order valence-electron chi connectivity index (χ2n) is 5.74. The lowest BCUT2D eigenvalue weighted by molar-refractivity contribution is -0.00818. The van der Waals surface area contributed by atoms with E-state index < -0.39 is 5.60 Å². The lowest BCUT2D eigenvalue weighted by Crippen LogP contribution is -2.39. The number of aliphatic hydroxyl groups is 1.